The standard InChI is InChI=1S/C12H13N3OS/c1-9(16)10-4-3-5-12(6-10)17-8-11-7-15(2)14-13-11/h3-7H,8H2,1-2H3. The van der Waals surface area contributed by atoms with Crippen LogP contribution < -0.4 is 0 Å². The molecule has 1 heterocycles. The summed E-state index contributed by atoms with van der Waals surface area (Å²) in [6.45, 7) is 1.58. The van der Waals surface area contributed by atoms with Gasteiger partial charge < -0.3 is 0 Å². The third kappa shape index (κ3) is 3.17. The lowest BCUT2D eigenvalue weighted by Crippen LogP contribution is -1.91. The Bertz CT molecular complexity index is 536. The summed E-state index contributed by atoms with van der Waals surface area (Å²) in [6, 6.07) is 7.63. The number of Topliss-reactive ketones (excluding diaryl/α,β-unsaturated/α-hetero) is 1. The van der Waals surface area contributed by atoms with Crippen LogP contribution in [-0.2, 0) is 12.8 Å². The van der Waals surface area contributed by atoms with Crippen LogP contribution in [0.4, 0.5) is 0 Å². The van der Waals surface area contributed by atoms with Crippen molar-refractivity contribution in [3.8, 4) is 0 Å². The first-order valence-electron chi connectivity index (χ1n) is 5.24. The molecule has 2 rings (SSSR count). The topological polar surface area (TPSA) is 47.8 Å². The first kappa shape index (κ1) is 11.9. The molecule has 4 nitrogen and oxygen atoms in total. The average molecular weight is 247 g/mol. The monoisotopic (exact) mass is 247 g/mol. The summed E-state index contributed by atoms with van der Waals surface area (Å²) < 4.78 is 1.68. The van der Waals surface area contributed by atoms with Crippen molar-refractivity contribution in [1.29, 1.82) is 0 Å². The molecule has 0 radical (unpaired) electrons. The zero-order valence-electron chi connectivity index (χ0n) is 9.75. The fourth-order valence-electron chi connectivity index (χ4n) is 1.42. The highest BCUT2D eigenvalue weighted by Crippen LogP contribution is 2.22. The Kier molecular flexibility index (Phi) is 3.58. The smallest absolute Gasteiger partial charge is 0.159 e. The van der Waals surface area contributed by atoms with Crippen LogP contribution in [0.25, 0.3) is 0 Å². The van der Waals surface area contributed by atoms with Gasteiger partial charge in [0.25, 0.3) is 0 Å². The molecule has 5 heteroatoms. The maximum absolute atomic E-state index is 11.2. The van der Waals surface area contributed by atoms with E-state index in [1.807, 2.05) is 37.5 Å². The molecule has 2 aromatic rings. The number of benzene rings is 1. The lowest BCUT2D eigenvalue weighted by atomic mass is 10.2. The molecule has 1 aromatic carbocycles. The third-order valence-corrected chi connectivity index (χ3v) is 3.30. The number of hydrogen-bond acceptors (Lipinski definition) is 4. The molecule has 0 bridgehead atoms. The average Bonchev–Trinajstić information content (AvgIpc) is 2.73. The van der Waals surface area contributed by atoms with E-state index in [1.54, 1.807) is 23.4 Å². The summed E-state index contributed by atoms with van der Waals surface area (Å²) in [7, 11) is 1.84. The molecule has 0 amide bonds. The highest BCUT2D eigenvalue weighted by Gasteiger charge is 2.03. The second-order valence-corrected chi connectivity index (χ2v) is 4.80. The van der Waals surface area contributed by atoms with Crippen LogP contribution >= 0.6 is 11.8 Å². The minimum Gasteiger partial charge on any atom is -0.295 e. The highest BCUT2D eigenvalue weighted by atomic mass is 32.2. The van der Waals surface area contributed by atoms with E-state index in [9.17, 15) is 4.79 Å². The zero-order valence-corrected chi connectivity index (χ0v) is 10.6. The molecular weight excluding hydrogens is 234 g/mol. The fourth-order valence-corrected chi connectivity index (χ4v) is 2.26. The van der Waals surface area contributed by atoms with Crippen molar-refractivity contribution < 1.29 is 4.79 Å². The molecule has 0 aliphatic rings. The molecule has 0 saturated carbocycles. The van der Waals surface area contributed by atoms with E-state index in [-0.39, 0.29) is 5.78 Å². The largest absolute Gasteiger partial charge is 0.295 e. The number of hydrogen-bond donors (Lipinski definition) is 0. The van der Waals surface area contributed by atoms with Crippen molar-refractivity contribution in [3.63, 3.8) is 0 Å². The van der Waals surface area contributed by atoms with Crippen LogP contribution in [0, 0.1) is 0 Å². The summed E-state index contributed by atoms with van der Waals surface area (Å²) in [5, 5.41) is 7.89. The first-order chi connectivity index (χ1) is 8.15. The molecule has 17 heavy (non-hydrogen) atoms. The van der Waals surface area contributed by atoms with Crippen molar-refractivity contribution in [2.45, 2.75) is 17.6 Å². The lowest BCUT2D eigenvalue weighted by molar-refractivity contribution is 0.101. The van der Waals surface area contributed by atoms with E-state index in [0.717, 1.165) is 21.9 Å². The van der Waals surface area contributed by atoms with Crippen molar-refractivity contribution in [3.05, 3.63) is 41.7 Å². The number of ketones is 1. The summed E-state index contributed by atoms with van der Waals surface area (Å²) in [6.07, 6.45) is 1.89. The second kappa shape index (κ2) is 5.14. The van der Waals surface area contributed by atoms with Crippen molar-refractivity contribution >= 4 is 17.5 Å². The first-order valence-corrected chi connectivity index (χ1v) is 6.23. The van der Waals surface area contributed by atoms with Crippen LogP contribution in [0.2, 0.25) is 0 Å². The highest BCUT2D eigenvalue weighted by molar-refractivity contribution is 7.98. The molecule has 1 aromatic heterocycles. The fraction of sp³-hybridized carbons (Fsp3) is 0.250. The lowest BCUT2D eigenvalue weighted by Gasteiger charge is -2.01. The van der Waals surface area contributed by atoms with Crippen molar-refractivity contribution in [2.24, 2.45) is 7.05 Å². The Hall–Kier alpha value is -1.62. The van der Waals surface area contributed by atoms with Crippen LogP contribution in [0.15, 0.2) is 35.4 Å². The zero-order chi connectivity index (χ0) is 12.3. The molecule has 0 saturated heterocycles. The van der Waals surface area contributed by atoms with Gasteiger partial charge >= 0.3 is 0 Å². The summed E-state index contributed by atoms with van der Waals surface area (Å²) in [5.74, 6) is 0.849. The van der Waals surface area contributed by atoms with Crippen LogP contribution in [0.3, 0.4) is 0 Å². The minimum absolute atomic E-state index is 0.0898. The van der Waals surface area contributed by atoms with E-state index < -0.39 is 0 Å². The predicted octanol–water partition coefficient (Wildman–Crippen LogP) is 2.31. The molecule has 88 valence electrons. The number of thioether (sulfide) groups is 1. The van der Waals surface area contributed by atoms with E-state index in [2.05, 4.69) is 10.3 Å². The van der Waals surface area contributed by atoms with E-state index in [0.29, 0.717) is 0 Å². The number of carbonyl (C=O) groups excluding carboxylic acids is 1. The summed E-state index contributed by atoms with van der Waals surface area (Å²) in [5.41, 5.74) is 1.68. The maximum atomic E-state index is 11.2. The van der Waals surface area contributed by atoms with Gasteiger partial charge in [0, 0.05) is 29.5 Å². The SMILES string of the molecule is CC(=O)c1cccc(SCc2cn(C)nn2)c1. The molecule has 0 atom stereocenters. The molecule has 0 fully saturated rings. The van der Waals surface area contributed by atoms with E-state index >= 15 is 0 Å². The molecule has 0 aliphatic carbocycles. The Morgan fingerprint density at radius 2 is 2.29 bits per heavy atom. The van der Waals surface area contributed by atoms with Gasteiger partial charge in [0.05, 0.1) is 5.69 Å². The molecule has 0 spiro atoms. The van der Waals surface area contributed by atoms with Gasteiger partial charge in [-0.25, -0.2) is 0 Å². The Labute approximate surface area is 104 Å². The van der Waals surface area contributed by atoms with Gasteiger partial charge in [-0.05, 0) is 19.1 Å². The number of nitrogens with zero attached hydrogens (tertiary/aromatic N) is 3. The summed E-state index contributed by atoms with van der Waals surface area (Å²) >= 11 is 1.65. The van der Waals surface area contributed by atoms with E-state index in [4.69, 9.17) is 0 Å². The van der Waals surface area contributed by atoms with Gasteiger partial charge in [0.15, 0.2) is 5.78 Å². The number of carbonyl (C=O) groups is 1. The Balaban J connectivity index is 2.04. The number of aromatic nitrogens is 3. The molecule has 0 aliphatic heterocycles. The number of aryl methyl sites for hydroxylation is 1. The molecule has 0 unspecified atom stereocenters. The quantitative estimate of drug-likeness (QED) is 0.614. The van der Waals surface area contributed by atoms with Gasteiger partial charge in [-0.15, -0.1) is 16.9 Å². The van der Waals surface area contributed by atoms with Gasteiger partial charge in [-0.2, -0.15) is 0 Å². The molecular formula is C12H13N3OS. The van der Waals surface area contributed by atoms with Gasteiger partial charge in [-0.1, -0.05) is 17.3 Å². The molecule has 0 N–H and O–H groups in total. The van der Waals surface area contributed by atoms with Crippen LogP contribution in [0.5, 0.6) is 0 Å². The Morgan fingerprint density at radius 3 is 2.94 bits per heavy atom. The number of rotatable bonds is 4. The van der Waals surface area contributed by atoms with Gasteiger partial charge in [-0.3, -0.25) is 9.48 Å². The van der Waals surface area contributed by atoms with E-state index in [1.165, 1.54) is 0 Å². The van der Waals surface area contributed by atoms with Crippen molar-refractivity contribution in [1.82, 2.24) is 15.0 Å². The summed E-state index contributed by atoms with van der Waals surface area (Å²) in [4.78, 5) is 12.3. The predicted molar refractivity (Wildman–Crippen MR) is 67.0 cm³/mol. The third-order valence-electron chi connectivity index (χ3n) is 2.28. The Morgan fingerprint density at radius 1 is 1.47 bits per heavy atom. The van der Waals surface area contributed by atoms with Gasteiger partial charge in [0.2, 0.25) is 0 Å². The second-order valence-electron chi connectivity index (χ2n) is 3.76. The van der Waals surface area contributed by atoms with Gasteiger partial charge in [0.1, 0.15) is 0 Å². The van der Waals surface area contributed by atoms with Crippen LogP contribution in [0.1, 0.15) is 23.0 Å². The maximum Gasteiger partial charge on any atom is 0.159 e. The van der Waals surface area contributed by atoms with Crippen molar-refractivity contribution in [2.75, 3.05) is 0 Å². The van der Waals surface area contributed by atoms with Crippen LogP contribution in [-0.4, -0.2) is 20.8 Å². The minimum atomic E-state index is 0.0898. The normalized spacial score (nSPS) is 10.5.